The standard InChI is InChI=1S/C24H29N3O3/c1-15(2)13-27-20-9-7-6-8-19(20)23(24(27)29)26-25-22(28)14-30-21-12-17(5)10-11-18(21)16(3)4/h6-12,15-16,29H,13-14H2,1-5H3. The van der Waals surface area contributed by atoms with Crippen molar-refractivity contribution in [1.82, 2.24) is 4.57 Å². The van der Waals surface area contributed by atoms with Gasteiger partial charge in [0.2, 0.25) is 5.88 Å². The number of fused-ring (bicyclic) bond motifs is 1. The number of hydrogen-bond donors (Lipinski definition) is 1. The molecule has 1 N–H and O–H groups in total. The topological polar surface area (TPSA) is 76.2 Å². The molecule has 0 radical (unpaired) electrons. The SMILES string of the molecule is Cc1ccc(C(C)C)c(OCC(=O)N=Nc2c(O)n(CC(C)C)c3ccccc23)c1. The molecule has 0 spiro atoms. The van der Waals surface area contributed by atoms with E-state index in [0.29, 0.717) is 23.9 Å². The Bertz CT molecular complexity index is 1080. The highest BCUT2D eigenvalue weighted by Gasteiger charge is 2.17. The summed E-state index contributed by atoms with van der Waals surface area (Å²) < 4.78 is 7.54. The Morgan fingerprint density at radius 3 is 2.57 bits per heavy atom. The van der Waals surface area contributed by atoms with Crippen molar-refractivity contribution in [3.05, 3.63) is 53.6 Å². The van der Waals surface area contributed by atoms with Crippen molar-refractivity contribution < 1.29 is 14.6 Å². The van der Waals surface area contributed by atoms with Gasteiger partial charge in [-0.3, -0.25) is 4.79 Å². The molecule has 1 amide bonds. The lowest BCUT2D eigenvalue weighted by molar-refractivity contribution is -0.120. The molecule has 0 aliphatic heterocycles. The zero-order valence-corrected chi connectivity index (χ0v) is 18.2. The number of aryl methyl sites for hydroxylation is 1. The first kappa shape index (κ1) is 21.6. The number of aromatic hydroxyl groups is 1. The highest BCUT2D eigenvalue weighted by molar-refractivity contribution is 5.95. The summed E-state index contributed by atoms with van der Waals surface area (Å²) in [5, 5.41) is 19.3. The zero-order valence-electron chi connectivity index (χ0n) is 18.2. The quantitative estimate of drug-likeness (QED) is 0.479. The third-order valence-corrected chi connectivity index (χ3v) is 4.87. The smallest absolute Gasteiger partial charge is 0.302 e. The summed E-state index contributed by atoms with van der Waals surface area (Å²) in [5.41, 5.74) is 3.27. The molecule has 3 rings (SSSR count). The van der Waals surface area contributed by atoms with E-state index in [2.05, 4.69) is 37.9 Å². The molecular formula is C24H29N3O3. The number of azo groups is 1. The number of para-hydroxylation sites is 1. The van der Waals surface area contributed by atoms with Gasteiger partial charge in [0.25, 0.3) is 0 Å². The van der Waals surface area contributed by atoms with E-state index in [9.17, 15) is 9.90 Å². The van der Waals surface area contributed by atoms with Crippen molar-refractivity contribution in [3.63, 3.8) is 0 Å². The molecule has 1 aromatic heterocycles. The van der Waals surface area contributed by atoms with Crippen LogP contribution in [0, 0.1) is 12.8 Å². The van der Waals surface area contributed by atoms with Crippen LogP contribution in [0.25, 0.3) is 10.9 Å². The molecule has 0 fully saturated rings. The Labute approximate surface area is 177 Å². The van der Waals surface area contributed by atoms with Crippen molar-refractivity contribution >= 4 is 22.5 Å². The minimum Gasteiger partial charge on any atom is -0.493 e. The Kier molecular flexibility index (Phi) is 6.55. The van der Waals surface area contributed by atoms with Crippen LogP contribution in [0.5, 0.6) is 11.6 Å². The highest BCUT2D eigenvalue weighted by Crippen LogP contribution is 2.39. The Balaban J connectivity index is 1.80. The van der Waals surface area contributed by atoms with Gasteiger partial charge >= 0.3 is 5.91 Å². The molecule has 0 atom stereocenters. The summed E-state index contributed by atoms with van der Waals surface area (Å²) in [6, 6.07) is 13.5. The number of benzene rings is 2. The second-order valence-electron chi connectivity index (χ2n) is 8.27. The largest absolute Gasteiger partial charge is 0.493 e. The van der Waals surface area contributed by atoms with Gasteiger partial charge in [0, 0.05) is 11.9 Å². The van der Waals surface area contributed by atoms with Gasteiger partial charge in [0.15, 0.2) is 12.3 Å². The fraction of sp³-hybridized carbons (Fsp3) is 0.375. The van der Waals surface area contributed by atoms with Gasteiger partial charge in [-0.1, -0.05) is 58.0 Å². The maximum absolute atomic E-state index is 12.3. The molecule has 2 aromatic carbocycles. The van der Waals surface area contributed by atoms with E-state index in [1.807, 2.05) is 49.4 Å². The second-order valence-corrected chi connectivity index (χ2v) is 8.27. The van der Waals surface area contributed by atoms with E-state index in [0.717, 1.165) is 22.0 Å². The maximum atomic E-state index is 12.3. The van der Waals surface area contributed by atoms with Crippen LogP contribution < -0.4 is 4.74 Å². The third kappa shape index (κ3) is 4.70. The molecule has 158 valence electrons. The van der Waals surface area contributed by atoms with Gasteiger partial charge < -0.3 is 14.4 Å². The van der Waals surface area contributed by atoms with Gasteiger partial charge in [-0.2, -0.15) is 0 Å². The van der Waals surface area contributed by atoms with Crippen molar-refractivity contribution in [2.45, 2.75) is 47.1 Å². The van der Waals surface area contributed by atoms with Crippen molar-refractivity contribution in [2.24, 2.45) is 16.1 Å². The van der Waals surface area contributed by atoms with Gasteiger partial charge in [-0.25, -0.2) is 0 Å². The van der Waals surface area contributed by atoms with Gasteiger partial charge in [-0.15, -0.1) is 10.2 Å². The number of nitrogens with zero attached hydrogens (tertiary/aromatic N) is 3. The van der Waals surface area contributed by atoms with E-state index in [4.69, 9.17) is 4.74 Å². The maximum Gasteiger partial charge on any atom is 0.302 e. The van der Waals surface area contributed by atoms with Crippen LogP contribution in [0.2, 0.25) is 0 Å². The number of aromatic nitrogens is 1. The summed E-state index contributed by atoms with van der Waals surface area (Å²) >= 11 is 0. The van der Waals surface area contributed by atoms with E-state index >= 15 is 0 Å². The van der Waals surface area contributed by atoms with E-state index in [1.54, 1.807) is 4.57 Å². The summed E-state index contributed by atoms with van der Waals surface area (Å²) in [6.07, 6.45) is 0. The van der Waals surface area contributed by atoms with Crippen LogP contribution in [0.4, 0.5) is 5.69 Å². The Hall–Kier alpha value is -3.15. The average molecular weight is 408 g/mol. The van der Waals surface area contributed by atoms with Crippen LogP contribution in [0.15, 0.2) is 52.7 Å². The zero-order chi connectivity index (χ0) is 21.8. The number of rotatable bonds is 7. The molecule has 3 aromatic rings. The third-order valence-electron chi connectivity index (χ3n) is 4.87. The molecule has 0 saturated heterocycles. The van der Waals surface area contributed by atoms with E-state index < -0.39 is 5.91 Å². The first-order chi connectivity index (χ1) is 14.3. The summed E-state index contributed by atoms with van der Waals surface area (Å²) in [4.78, 5) is 12.3. The monoisotopic (exact) mass is 407 g/mol. The summed E-state index contributed by atoms with van der Waals surface area (Å²) in [7, 11) is 0. The minimum absolute atomic E-state index is 0.0168. The van der Waals surface area contributed by atoms with Crippen molar-refractivity contribution in [1.29, 1.82) is 0 Å². The lowest BCUT2D eigenvalue weighted by Crippen LogP contribution is -2.09. The molecule has 1 heterocycles. The average Bonchev–Trinajstić information content (AvgIpc) is 2.95. The van der Waals surface area contributed by atoms with Gasteiger partial charge in [0.1, 0.15) is 5.75 Å². The summed E-state index contributed by atoms with van der Waals surface area (Å²) in [6.45, 7) is 10.7. The number of hydrogen-bond acceptors (Lipinski definition) is 4. The molecule has 30 heavy (non-hydrogen) atoms. The number of ether oxygens (including phenoxy) is 1. The first-order valence-corrected chi connectivity index (χ1v) is 10.3. The normalized spacial score (nSPS) is 11.8. The van der Waals surface area contributed by atoms with E-state index in [1.165, 1.54) is 0 Å². The number of carbonyl (C=O) groups is 1. The summed E-state index contributed by atoms with van der Waals surface area (Å²) in [5.74, 6) is 0.816. The van der Waals surface area contributed by atoms with Crippen LogP contribution >= 0.6 is 0 Å². The molecule has 6 nitrogen and oxygen atoms in total. The number of amides is 1. The second kappa shape index (κ2) is 9.11. The molecule has 0 aliphatic carbocycles. The Morgan fingerprint density at radius 2 is 1.87 bits per heavy atom. The van der Waals surface area contributed by atoms with Gasteiger partial charge in [0.05, 0.1) is 5.52 Å². The molecule has 0 aliphatic rings. The van der Waals surface area contributed by atoms with Crippen LogP contribution in [-0.2, 0) is 11.3 Å². The molecule has 6 heteroatoms. The predicted octanol–water partition coefficient (Wildman–Crippen LogP) is 6.12. The minimum atomic E-state index is -0.508. The molecule has 0 bridgehead atoms. The van der Waals surface area contributed by atoms with E-state index in [-0.39, 0.29) is 18.4 Å². The number of carbonyl (C=O) groups excluding carboxylic acids is 1. The van der Waals surface area contributed by atoms with Crippen molar-refractivity contribution in [3.8, 4) is 11.6 Å². The predicted molar refractivity (Wildman–Crippen MR) is 119 cm³/mol. The highest BCUT2D eigenvalue weighted by atomic mass is 16.5. The molecular weight excluding hydrogens is 378 g/mol. The fourth-order valence-corrected chi connectivity index (χ4v) is 3.44. The lowest BCUT2D eigenvalue weighted by atomic mass is 10.0. The first-order valence-electron chi connectivity index (χ1n) is 10.3. The van der Waals surface area contributed by atoms with Crippen LogP contribution in [0.1, 0.15) is 44.7 Å². The Morgan fingerprint density at radius 1 is 1.13 bits per heavy atom. The molecule has 0 unspecified atom stereocenters. The van der Waals surface area contributed by atoms with Crippen LogP contribution in [-0.4, -0.2) is 22.2 Å². The van der Waals surface area contributed by atoms with Crippen LogP contribution in [0.3, 0.4) is 0 Å². The molecule has 0 saturated carbocycles. The van der Waals surface area contributed by atoms with Crippen molar-refractivity contribution in [2.75, 3.05) is 6.61 Å². The fourth-order valence-electron chi connectivity index (χ4n) is 3.44. The van der Waals surface area contributed by atoms with Gasteiger partial charge in [-0.05, 0) is 42.0 Å². The lowest BCUT2D eigenvalue weighted by Gasteiger charge is -2.13.